The van der Waals surface area contributed by atoms with Gasteiger partial charge in [0.25, 0.3) is 0 Å². The van der Waals surface area contributed by atoms with Gasteiger partial charge in [-0.3, -0.25) is 0 Å². The number of hydrogen-bond donors (Lipinski definition) is 1. The molecule has 3 heteroatoms. The zero-order chi connectivity index (χ0) is 11.0. The molecule has 1 fully saturated rings. The first-order valence-corrected chi connectivity index (χ1v) is 6.09. The maximum absolute atomic E-state index is 13.0. The summed E-state index contributed by atoms with van der Waals surface area (Å²) in [6.07, 6.45) is 2.58. The SMILES string of the molecule is CC(C1CC1)C(N)c1ccc(F)c(Br)c1. The number of rotatable bonds is 3. The van der Waals surface area contributed by atoms with Crippen molar-refractivity contribution in [1.29, 1.82) is 0 Å². The van der Waals surface area contributed by atoms with E-state index in [-0.39, 0.29) is 11.9 Å². The monoisotopic (exact) mass is 271 g/mol. The summed E-state index contributed by atoms with van der Waals surface area (Å²) in [4.78, 5) is 0. The zero-order valence-corrected chi connectivity index (χ0v) is 10.3. The number of hydrogen-bond acceptors (Lipinski definition) is 1. The predicted octanol–water partition coefficient (Wildman–Crippen LogP) is 3.63. The Kier molecular flexibility index (Phi) is 3.12. The van der Waals surface area contributed by atoms with Gasteiger partial charge >= 0.3 is 0 Å². The average molecular weight is 272 g/mol. The second kappa shape index (κ2) is 4.22. The van der Waals surface area contributed by atoms with Crippen molar-refractivity contribution in [2.24, 2.45) is 17.6 Å². The fraction of sp³-hybridized carbons (Fsp3) is 0.500. The molecular formula is C12H15BrFN. The van der Waals surface area contributed by atoms with Crippen molar-refractivity contribution in [3.63, 3.8) is 0 Å². The highest BCUT2D eigenvalue weighted by Crippen LogP contribution is 2.42. The van der Waals surface area contributed by atoms with Gasteiger partial charge in [-0.2, -0.15) is 0 Å². The van der Waals surface area contributed by atoms with E-state index < -0.39 is 0 Å². The Morgan fingerprint density at radius 3 is 2.67 bits per heavy atom. The van der Waals surface area contributed by atoms with Crippen molar-refractivity contribution in [3.05, 3.63) is 34.1 Å². The average Bonchev–Trinajstić information content (AvgIpc) is 3.03. The smallest absolute Gasteiger partial charge is 0.137 e. The molecule has 0 saturated heterocycles. The van der Waals surface area contributed by atoms with Crippen molar-refractivity contribution in [2.45, 2.75) is 25.8 Å². The third kappa shape index (κ3) is 2.40. The molecule has 2 unspecified atom stereocenters. The molecule has 15 heavy (non-hydrogen) atoms. The summed E-state index contributed by atoms with van der Waals surface area (Å²) in [5, 5.41) is 0. The third-order valence-electron chi connectivity index (χ3n) is 3.26. The molecule has 1 nitrogen and oxygen atoms in total. The van der Waals surface area contributed by atoms with Gasteiger partial charge in [-0.1, -0.05) is 13.0 Å². The lowest BCUT2D eigenvalue weighted by atomic mass is 9.91. The number of nitrogens with two attached hydrogens (primary N) is 1. The van der Waals surface area contributed by atoms with E-state index in [2.05, 4.69) is 22.9 Å². The third-order valence-corrected chi connectivity index (χ3v) is 3.87. The van der Waals surface area contributed by atoms with E-state index in [1.165, 1.54) is 18.9 Å². The molecule has 2 rings (SSSR count). The second-order valence-electron chi connectivity index (χ2n) is 4.40. The van der Waals surface area contributed by atoms with Gasteiger partial charge in [0.2, 0.25) is 0 Å². The van der Waals surface area contributed by atoms with Crippen LogP contribution < -0.4 is 5.73 Å². The number of benzene rings is 1. The van der Waals surface area contributed by atoms with Gasteiger partial charge in [0.1, 0.15) is 5.82 Å². The summed E-state index contributed by atoms with van der Waals surface area (Å²) in [6, 6.07) is 5.07. The Morgan fingerprint density at radius 1 is 1.47 bits per heavy atom. The molecule has 0 aromatic heterocycles. The van der Waals surface area contributed by atoms with Crippen molar-refractivity contribution < 1.29 is 4.39 Å². The fourth-order valence-corrected chi connectivity index (χ4v) is 2.34. The maximum Gasteiger partial charge on any atom is 0.137 e. The van der Waals surface area contributed by atoms with Gasteiger partial charge in [0, 0.05) is 6.04 Å². The molecule has 1 aliphatic rings. The molecule has 1 aliphatic carbocycles. The summed E-state index contributed by atoms with van der Waals surface area (Å²) in [7, 11) is 0. The highest BCUT2D eigenvalue weighted by atomic mass is 79.9. The minimum absolute atomic E-state index is 0.0226. The molecule has 2 atom stereocenters. The molecule has 0 amide bonds. The van der Waals surface area contributed by atoms with Gasteiger partial charge in [0.05, 0.1) is 4.47 Å². The minimum Gasteiger partial charge on any atom is -0.324 e. The summed E-state index contributed by atoms with van der Waals surface area (Å²) in [5.74, 6) is 1.02. The Morgan fingerprint density at radius 2 is 2.13 bits per heavy atom. The van der Waals surface area contributed by atoms with Crippen LogP contribution >= 0.6 is 15.9 Å². The van der Waals surface area contributed by atoms with Crippen LogP contribution in [0.1, 0.15) is 31.4 Å². The van der Waals surface area contributed by atoms with Gasteiger partial charge in [-0.05, 0) is 58.3 Å². The summed E-state index contributed by atoms with van der Waals surface area (Å²) in [5.41, 5.74) is 7.17. The first kappa shape index (κ1) is 11.1. The molecular weight excluding hydrogens is 257 g/mol. The molecule has 0 heterocycles. The molecule has 0 spiro atoms. The first-order valence-electron chi connectivity index (χ1n) is 5.30. The zero-order valence-electron chi connectivity index (χ0n) is 8.71. The van der Waals surface area contributed by atoms with E-state index in [1.807, 2.05) is 0 Å². The van der Waals surface area contributed by atoms with Crippen molar-refractivity contribution >= 4 is 15.9 Å². The Balaban J connectivity index is 2.17. The van der Waals surface area contributed by atoms with Gasteiger partial charge < -0.3 is 5.73 Å². The quantitative estimate of drug-likeness (QED) is 0.893. The van der Waals surface area contributed by atoms with Crippen LogP contribution in [0.2, 0.25) is 0 Å². The van der Waals surface area contributed by atoms with Crippen molar-refractivity contribution in [2.75, 3.05) is 0 Å². The topological polar surface area (TPSA) is 26.0 Å². The van der Waals surface area contributed by atoms with Crippen LogP contribution in [0.15, 0.2) is 22.7 Å². The second-order valence-corrected chi connectivity index (χ2v) is 5.25. The Bertz CT molecular complexity index is 363. The van der Waals surface area contributed by atoms with E-state index in [4.69, 9.17) is 5.73 Å². The number of halogens is 2. The molecule has 1 saturated carbocycles. The highest BCUT2D eigenvalue weighted by molar-refractivity contribution is 9.10. The Labute approximate surface area is 98.0 Å². The Hall–Kier alpha value is -0.410. The molecule has 0 bridgehead atoms. The van der Waals surface area contributed by atoms with E-state index >= 15 is 0 Å². The largest absolute Gasteiger partial charge is 0.324 e. The molecule has 2 N–H and O–H groups in total. The van der Waals surface area contributed by atoms with Crippen LogP contribution in [0.3, 0.4) is 0 Å². The van der Waals surface area contributed by atoms with E-state index in [1.54, 1.807) is 12.1 Å². The minimum atomic E-state index is -0.231. The summed E-state index contributed by atoms with van der Waals surface area (Å²) < 4.78 is 13.5. The maximum atomic E-state index is 13.0. The highest BCUT2D eigenvalue weighted by Gasteiger charge is 2.32. The molecule has 1 aromatic carbocycles. The summed E-state index contributed by atoms with van der Waals surface area (Å²) >= 11 is 3.19. The first-order chi connectivity index (χ1) is 7.09. The lowest BCUT2D eigenvalue weighted by Crippen LogP contribution is -2.20. The van der Waals surface area contributed by atoms with Gasteiger partial charge in [-0.25, -0.2) is 4.39 Å². The fourth-order valence-electron chi connectivity index (χ4n) is 1.94. The lowest BCUT2D eigenvalue weighted by molar-refractivity contribution is 0.416. The van der Waals surface area contributed by atoms with E-state index in [0.717, 1.165) is 11.5 Å². The van der Waals surface area contributed by atoms with E-state index in [9.17, 15) is 4.39 Å². The van der Waals surface area contributed by atoms with Crippen molar-refractivity contribution in [3.8, 4) is 0 Å². The molecule has 82 valence electrons. The van der Waals surface area contributed by atoms with Crippen LogP contribution in [0, 0.1) is 17.7 Å². The lowest BCUT2D eigenvalue weighted by Gasteiger charge is -2.20. The normalized spacial score (nSPS) is 20.0. The van der Waals surface area contributed by atoms with Crippen LogP contribution in [0.5, 0.6) is 0 Å². The van der Waals surface area contributed by atoms with Crippen LogP contribution in [-0.4, -0.2) is 0 Å². The van der Waals surface area contributed by atoms with Crippen LogP contribution in [0.25, 0.3) is 0 Å². The molecule has 1 aromatic rings. The van der Waals surface area contributed by atoms with E-state index in [0.29, 0.717) is 10.4 Å². The van der Waals surface area contributed by atoms with Gasteiger partial charge in [-0.15, -0.1) is 0 Å². The van der Waals surface area contributed by atoms with Crippen molar-refractivity contribution in [1.82, 2.24) is 0 Å². The predicted molar refractivity (Wildman–Crippen MR) is 62.9 cm³/mol. The molecule has 0 aliphatic heterocycles. The van der Waals surface area contributed by atoms with Gasteiger partial charge in [0.15, 0.2) is 0 Å². The van der Waals surface area contributed by atoms with Crippen LogP contribution in [-0.2, 0) is 0 Å². The summed E-state index contributed by atoms with van der Waals surface area (Å²) in [6.45, 7) is 2.18. The van der Waals surface area contributed by atoms with Crippen LogP contribution in [0.4, 0.5) is 4.39 Å². The molecule has 0 radical (unpaired) electrons. The standard InChI is InChI=1S/C12H15BrFN/c1-7(8-2-3-8)12(15)9-4-5-11(14)10(13)6-9/h4-8,12H,2-3,15H2,1H3.